The maximum atomic E-state index is 12.2. The van der Waals surface area contributed by atoms with Crippen molar-refractivity contribution in [1.82, 2.24) is 4.98 Å². The maximum absolute atomic E-state index is 12.2. The van der Waals surface area contributed by atoms with E-state index in [-0.39, 0.29) is 11.5 Å². The van der Waals surface area contributed by atoms with Gasteiger partial charge in [-0.2, -0.15) is 0 Å². The highest BCUT2D eigenvalue weighted by molar-refractivity contribution is 5.90. The Labute approximate surface area is 142 Å². The molecule has 0 aliphatic heterocycles. The molecule has 1 aromatic heterocycles. The minimum absolute atomic E-state index is 0.0320. The van der Waals surface area contributed by atoms with E-state index in [1.165, 1.54) is 5.56 Å². The monoisotopic (exact) mass is 324 g/mol. The van der Waals surface area contributed by atoms with Gasteiger partial charge < -0.3 is 10.3 Å². The van der Waals surface area contributed by atoms with E-state index < -0.39 is 0 Å². The molecule has 1 fully saturated rings. The van der Waals surface area contributed by atoms with Crippen molar-refractivity contribution in [2.75, 3.05) is 5.32 Å². The number of carbonyl (C=O) groups is 1. The Morgan fingerprint density at radius 3 is 2.54 bits per heavy atom. The minimum Gasteiger partial charge on any atom is -0.327 e. The Bertz CT molecular complexity index is 744. The van der Waals surface area contributed by atoms with Gasteiger partial charge in [0.15, 0.2) is 0 Å². The lowest BCUT2D eigenvalue weighted by Gasteiger charge is -2.28. The Balaban J connectivity index is 1.49. The van der Waals surface area contributed by atoms with Gasteiger partial charge in [0.05, 0.1) is 5.69 Å². The zero-order chi connectivity index (χ0) is 16.9. The van der Waals surface area contributed by atoms with Crippen LogP contribution in [0.1, 0.15) is 49.1 Å². The first-order chi connectivity index (χ1) is 11.6. The van der Waals surface area contributed by atoms with Crippen molar-refractivity contribution in [3.05, 3.63) is 64.1 Å². The summed E-state index contributed by atoms with van der Waals surface area (Å²) in [5.74, 6) is 1.12. The fourth-order valence-electron chi connectivity index (χ4n) is 3.57. The molecule has 0 bridgehead atoms. The van der Waals surface area contributed by atoms with Crippen molar-refractivity contribution < 1.29 is 4.79 Å². The van der Waals surface area contributed by atoms with Gasteiger partial charge in [-0.1, -0.05) is 30.3 Å². The Hall–Kier alpha value is -2.36. The summed E-state index contributed by atoms with van der Waals surface area (Å²) in [4.78, 5) is 26.2. The zero-order valence-corrected chi connectivity index (χ0v) is 14.0. The molecule has 0 unspecified atom stereocenters. The summed E-state index contributed by atoms with van der Waals surface area (Å²) in [5.41, 5.74) is 2.57. The molecule has 2 aromatic rings. The minimum atomic E-state index is -0.118. The molecule has 1 amide bonds. The summed E-state index contributed by atoms with van der Waals surface area (Å²) in [6, 6.07) is 12.4. The number of aryl methyl sites for hydroxylation is 1. The van der Waals surface area contributed by atoms with Crippen LogP contribution in [0.25, 0.3) is 0 Å². The van der Waals surface area contributed by atoms with Gasteiger partial charge in [0, 0.05) is 18.2 Å². The van der Waals surface area contributed by atoms with Crippen molar-refractivity contribution in [2.24, 2.45) is 5.92 Å². The number of rotatable bonds is 4. The number of H-pyrrole nitrogens is 1. The average molecular weight is 324 g/mol. The SMILES string of the molecule is Cc1cc(NC(=O)CC2CCC(c3ccccc3)CC2)c[nH]c1=O. The Morgan fingerprint density at radius 1 is 1.17 bits per heavy atom. The molecular weight excluding hydrogens is 300 g/mol. The Morgan fingerprint density at radius 2 is 1.88 bits per heavy atom. The molecule has 2 N–H and O–H groups in total. The van der Waals surface area contributed by atoms with E-state index in [0.29, 0.717) is 29.5 Å². The topological polar surface area (TPSA) is 62.0 Å². The first-order valence-electron chi connectivity index (χ1n) is 8.66. The van der Waals surface area contributed by atoms with Crippen LogP contribution < -0.4 is 10.9 Å². The van der Waals surface area contributed by atoms with E-state index >= 15 is 0 Å². The third-order valence-corrected chi connectivity index (χ3v) is 4.96. The van der Waals surface area contributed by atoms with Crippen molar-refractivity contribution >= 4 is 11.6 Å². The molecule has 0 atom stereocenters. The second kappa shape index (κ2) is 7.47. The standard InChI is InChI=1S/C20H24N2O2/c1-14-11-18(13-21-20(14)24)22-19(23)12-15-7-9-17(10-8-15)16-5-3-2-4-6-16/h2-6,11,13,15,17H,7-10,12H2,1H3,(H,21,24)(H,22,23). The van der Waals surface area contributed by atoms with Gasteiger partial charge in [-0.25, -0.2) is 0 Å². The molecular formula is C20H24N2O2. The van der Waals surface area contributed by atoms with E-state index in [0.717, 1.165) is 25.7 Å². The van der Waals surface area contributed by atoms with Crippen molar-refractivity contribution in [1.29, 1.82) is 0 Å². The molecule has 4 heteroatoms. The van der Waals surface area contributed by atoms with Crippen molar-refractivity contribution in [2.45, 2.75) is 44.9 Å². The summed E-state index contributed by atoms with van der Waals surface area (Å²) in [6.45, 7) is 1.74. The molecule has 1 aliphatic rings. The third-order valence-electron chi connectivity index (χ3n) is 4.96. The van der Waals surface area contributed by atoms with Gasteiger partial charge in [-0.15, -0.1) is 0 Å². The number of benzene rings is 1. The second-order valence-corrected chi connectivity index (χ2v) is 6.78. The molecule has 1 aliphatic carbocycles. The molecule has 4 nitrogen and oxygen atoms in total. The molecule has 24 heavy (non-hydrogen) atoms. The molecule has 1 saturated carbocycles. The van der Waals surface area contributed by atoms with Crippen LogP contribution in [0.2, 0.25) is 0 Å². The smallest absolute Gasteiger partial charge is 0.250 e. The Kier molecular flexibility index (Phi) is 5.14. The summed E-state index contributed by atoms with van der Waals surface area (Å²) >= 11 is 0. The third kappa shape index (κ3) is 4.13. The summed E-state index contributed by atoms with van der Waals surface area (Å²) in [6.07, 6.45) is 6.61. The van der Waals surface area contributed by atoms with Gasteiger partial charge in [0.2, 0.25) is 5.91 Å². The highest BCUT2D eigenvalue weighted by Gasteiger charge is 2.24. The van der Waals surface area contributed by atoms with Gasteiger partial charge in [-0.3, -0.25) is 9.59 Å². The van der Waals surface area contributed by atoms with Gasteiger partial charge in [0.1, 0.15) is 0 Å². The number of hydrogen-bond acceptors (Lipinski definition) is 2. The van der Waals surface area contributed by atoms with Crippen LogP contribution in [-0.4, -0.2) is 10.9 Å². The van der Waals surface area contributed by atoms with E-state index in [4.69, 9.17) is 0 Å². The summed E-state index contributed by atoms with van der Waals surface area (Å²) in [7, 11) is 0. The molecule has 1 heterocycles. The lowest BCUT2D eigenvalue weighted by molar-refractivity contribution is -0.117. The zero-order valence-electron chi connectivity index (χ0n) is 14.0. The highest BCUT2D eigenvalue weighted by Crippen LogP contribution is 2.36. The van der Waals surface area contributed by atoms with Gasteiger partial charge >= 0.3 is 0 Å². The largest absolute Gasteiger partial charge is 0.327 e. The molecule has 0 saturated heterocycles. The maximum Gasteiger partial charge on any atom is 0.250 e. The number of pyridine rings is 1. The molecule has 3 rings (SSSR count). The summed E-state index contributed by atoms with van der Waals surface area (Å²) in [5, 5.41) is 2.89. The quantitative estimate of drug-likeness (QED) is 0.893. The fraction of sp³-hybridized carbons (Fsp3) is 0.400. The number of hydrogen-bond donors (Lipinski definition) is 2. The highest BCUT2D eigenvalue weighted by atomic mass is 16.1. The summed E-state index contributed by atoms with van der Waals surface area (Å²) < 4.78 is 0. The van der Waals surface area contributed by atoms with Crippen LogP contribution in [-0.2, 0) is 4.79 Å². The van der Waals surface area contributed by atoms with E-state index in [9.17, 15) is 9.59 Å². The lowest BCUT2D eigenvalue weighted by Crippen LogP contribution is -2.21. The number of aromatic nitrogens is 1. The first-order valence-corrected chi connectivity index (χ1v) is 8.66. The predicted octanol–water partition coefficient (Wildman–Crippen LogP) is 3.99. The van der Waals surface area contributed by atoms with Crippen LogP contribution in [0.5, 0.6) is 0 Å². The molecule has 1 aromatic carbocycles. The van der Waals surface area contributed by atoms with Gasteiger partial charge in [-0.05, 0) is 56.1 Å². The molecule has 0 spiro atoms. The normalized spacial score (nSPS) is 20.5. The van der Waals surface area contributed by atoms with Crippen molar-refractivity contribution in [3.63, 3.8) is 0 Å². The van der Waals surface area contributed by atoms with Gasteiger partial charge in [0.25, 0.3) is 5.56 Å². The fourth-order valence-corrected chi connectivity index (χ4v) is 3.57. The van der Waals surface area contributed by atoms with Crippen LogP contribution in [0.4, 0.5) is 5.69 Å². The molecule has 0 radical (unpaired) electrons. The first kappa shape index (κ1) is 16.5. The number of nitrogens with one attached hydrogen (secondary N) is 2. The van der Waals surface area contributed by atoms with Crippen LogP contribution in [0.3, 0.4) is 0 Å². The van der Waals surface area contributed by atoms with Crippen LogP contribution >= 0.6 is 0 Å². The van der Waals surface area contributed by atoms with Crippen LogP contribution in [0.15, 0.2) is 47.4 Å². The number of aromatic amines is 1. The number of carbonyl (C=O) groups excluding carboxylic acids is 1. The average Bonchev–Trinajstić information content (AvgIpc) is 2.59. The van der Waals surface area contributed by atoms with E-state index in [1.807, 2.05) is 0 Å². The predicted molar refractivity (Wildman–Crippen MR) is 96.2 cm³/mol. The van der Waals surface area contributed by atoms with Crippen molar-refractivity contribution in [3.8, 4) is 0 Å². The molecule has 126 valence electrons. The lowest BCUT2D eigenvalue weighted by atomic mass is 9.77. The number of anilines is 1. The van der Waals surface area contributed by atoms with Crippen LogP contribution in [0, 0.1) is 12.8 Å². The second-order valence-electron chi connectivity index (χ2n) is 6.78. The van der Waals surface area contributed by atoms with E-state index in [2.05, 4.69) is 40.6 Å². The number of amides is 1. The van der Waals surface area contributed by atoms with E-state index in [1.54, 1.807) is 19.2 Å².